The molecular formula is C13H22N2O3. The molecule has 1 aliphatic carbocycles. The Morgan fingerprint density at radius 3 is 2.33 bits per heavy atom. The van der Waals surface area contributed by atoms with Gasteiger partial charge in [0.05, 0.1) is 5.41 Å². The van der Waals surface area contributed by atoms with Crippen LogP contribution in [-0.2, 0) is 9.59 Å². The number of likely N-dealkylation sites (tertiary alicyclic amines) is 1. The predicted molar refractivity (Wildman–Crippen MR) is 66.9 cm³/mol. The Morgan fingerprint density at radius 2 is 1.94 bits per heavy atom. The molecule has 2 rings (SSSR count). The fraction of sp³-hybridized carbons (Fsp3) is 0.846. The monoisotopic (exact) mass is 254 g/mol. The number of hydrogen-bond acceptors (Lipinski definition) is 3. The molecule has 0 aromatic rings. The fourth-order valence-corrected chi connectivity index (χ4v) is 3.31. The van der Waals surface area contributed by atoms with Crippen LogP contribution in [-0.4, -0.2) is 40.5 Å². The normalized spacial score (nSPS) is 30.0. The number of carboxylic acid groups (broad SMARTS) is 1. The minimum absolute atomic E-state index is 0.0296. The summed E-state index contributed by atoms with van der Waals surface area (Å²) in [6, 6.07) is 0. The van der Waals surface area contributed by atoms with Crippen molar-refractivity contribution in [3.05, 3.63) is 0 Å². The first-order chi connectivity index (χ1) is 8.52. The van der Waals surface area contributed by atoms with E-state index >= 15 is 0 Å². The van der Waals surface area contributed by atoms with Gasteiger partial charge in [0.15, 0.2) is 0 Å². The lowest BCUT2D eigenvalue weighted by atomic mass is 9.67. The Morgan fingerprint density at radius 1 is 1.28 bits per heavy atom. The van der Waals surface area contributed by atoms with Crippen LogP contribution in [0.25, 0.3) is 0 Å². The van der Waals surface area contributed by atoms with E-state index < -0.39 is 16.9 Å². The quantitative estimate of drug-likeness (QED) is 0.783. The summed E-state index contributed by atoms with van der Waals surface area (Å²) in [7, 11) is 0. The van der Waals surface area contributed by atoms with Crippen LogP contribution < -0.4 is 5.73 Å². The Labute approximate surface area is 107 Å². The number of nitrogens with zero attached hydrogens (tertiary/aromatic N) is 1. The van der Waals surface area contributed by atoms with Crippen molar-refractivity contribution < 1.29 is 14.7 Å². The van der Waals surface area contributed by atoms with Gasteiger partial charge >= 0.3 is 5.97 Å². The highest BCUT2D eigenvalue weighted by Gasteiger charge is 2.54. The van der Waals surface area contributed by atoms with Crippen LogP contribution in [0.3, 0.4) is 0 Å². The van der Waals surface area contributed by atoms with Gasteiger partial charge < -0.3 is 15.7 Å². The summed E-state index contributed by atoms with van der Waals surface area (Å²) in [5.74, 6) is -0.902. The van der Waals surface area contributed by atoms with Crippen molar-refractivity contribution >= 4 is 11.9 Å². The number of amides is 1. The van der Waals surface area contributed by atoms with Crippen LogP contribution in [0.2, 0.25) is 0 Å². The molecule has 102 valence electrons. The van der Waals surface area contributed by atoms with E-state index in [0.717, 1.165) is 25.7 Å². The maximum Gasteiger partial charge on any atom is 0.329 e. The lowest BCUT2D eigenvalue weighted by molar-refractivity contribution is -0.164. The lowest BCUT2D eigenvalue weighted by Crippen LogP contribution is -2.60. The Kier molecular flexibility index (Phi) is 3.36. The molecule has 0 aromatic carbocycles. The number of carbonyl (C=O) groups is 2. The second kappa shape index (κ2) is 4.53. The summed E-state index contributed by atoms with van der Waals surface area (Å²) >= 11 is 0. The first-order valence-electron chi connectivity index (χ1n) is 6.78. The smallest absolute Gasteiger partial charge is 0.329 e. The minimum atomic E-state index is -0.991. The second-order valence-corrected chi connectivity index (χ2v) is 5.59. The van der Waals surface area contributed by atoms with E-state index in [1.165, 1.54) is 0 Å². The van der Waals surface area contributed by atoms with Gasteiger partial charge in [0.25, 0.3) is 0 Å². The first kappa shape index (κ1) is 13.3. The third-order valence-corrected chi connectivity index (χ3v) is 4.87. The molecule has 1 saturated heterocycles. The lowest BCUT2D eigenvalue weighted by Gasteiger charge is -2.45. The van der Waals surface area contributed by atoms with Gasteiger partial charge in [0.1, 0.15) is 5.54 Å². The largest absolute Gasteiger partial charge is 0.479 e. The van der Waals surface area contributed by atoms with E-state index in [1.54, 1.807) is 4.90 Å². The molecule has 1 atom stereocenters. The van der Waals surface area contributed by atoms with Crippen molar-refractivity contribution in [1.82, 2.24) is 4.90 Å². The van der Waals surface area contributed by atoms with E-state index in [1.807, 2.05) is 6.92 Å². The molecule has 3 N–H and O–H groups in total. The molecule has 18 heavy (non-hydrogen) atoms. The highest BCUT2D eigenvalue weighted by Crippen LogP contribution is 2.45. The van der Waals surface area contributed by atoms with E-state index in [-0.39, 0.29) is 5.91 Å². The summed E-state index contributed by atoms with van der Waals surface area (Å²) in [5.41, 5.74) is 4.29. The van der Waals surface area contributed by atoms with Crippen LogP contribution in [0.4, 0.5) is 0 Å². The van der Waals surface area contributed by atoms with E-state index in [0.29, 0.717) is 25.9 Å². The van der Waals surface area contributed by atoms with Crippen molar-refractivity contribution in [2.45, 2.75) is 51.0 Å². The molecule has 5 nitrogen and oxygen atoms in total. The summed E-state index contributed by atoms with van der Waals surface area (Å²) < 4.78 is 0. The molecule has 2 aliphatic rings. The van der Waals surface area contributed by atoms with E-state index in [9.17, 15) is 14.7 Å². The summed E-state index contributed by atoms with van der Waals surface area (Å²) in [6.07, 6.45) is 4.42. The molecule has 1 unspecified atom stereocenters. The van der Waals surface area contributed by atoms with Crippen LogP contribution in [0.5, 0.6) is 0 Å². The molecule has 2 fully saturated rings. The van der Waals surface area contributed by atoms with Crippen molar-refractivity contribution in [2.75, 3.05) is 13.1 Å². The van der Waals surface area contributed by atoms with Gasteiger partial charge in [0, 0.05) is 13.1 Å². The average Bonchev–Trinajstić information content (AvgIpc) is 2.72. The third kappa shape index (κ3) is 1.64. The van der Waals surface area contributed by atoms with Gasteiger partial charge in [0.2, 0.25) is 5.91 Å². The summed E-state index contributed by atoms with van der Waals surface area (Å²) in [5, 5.41) is 9.49. The zero-order valence-electron chi connectivity index (χ0n) is 10.9. The number of rotatable bonds is 4. The minimum Gasteiger partial charge on any atom is -0.479 e. The van der Waals surface area contributed by atoms with E-state index in [4.69, 9.17) is 5.73 Å². The third-order valence-electron chi connectivity index (χ3n) is 4.87. The molecule has 1 saturated carbocycles. The van der Waals surface area contributed by atoms with Crippen molar-refractivity contribution in [3.8, 4) is 0 Å². The molecule has 5 heteroatoms. The Balaban J connectivity index is 2.26. The van der Waals surface area contributed by atoms with Crippen LogP contribution in [0, 0.1) is 5.41 Å². The average molecular weight is 254 g/mol. The fourth-order valence-electron chi connectivity index (χ4n) is 3.31. The molecule has 0 bridgehead atoms. The SMILES string of the molecule is CCC1(C(=O)O)CCCN1C(=O)C1(CN)CCC1. The number of carbonyl (C=O) groups excluding carboxylic acids is 1. The summed E-state index contributed by atoms with van der Waals surface area (Å²) in [4.78, 5) is 25.8. The Hall–Kier alpha value is -1.10. The van der Waals surface area contributed by atoms with Crippen LogP contribution in [0.15, 0.2) is 0 Å². The van der Waals surface area contributed by atoms with Gasteiger partial charge in [-0.2, -0.15) is 0 Å². The maximum absolute atomic E-state index is 12.6. The van der Waals surface area contributed by atoms with Crippen molar-refractivity contribution in [2.24, 2.45) is 11.1 Å². The van der Waals surface area contributed by atoms with Crippen LogP contribution in [0.1, 0.15) is 45.4 Å². The number of hydrogen-bond donors (Lipinski definition) is 2. The molecule has 1 heterocycles. The number of carboxylic acids is 1. The van der Waals surface area contributed by atoms with Crippen LogP contribution >= 0.6 is 0 Å². The molecular weight excluding hydrogens is 232 g/mol. The summed E-state index contributed by atoms with van der Waals surface area (Å²) in [6.45, 7) is 2.73. The van der Waals surface area contributed by atoms with Gasteiger partial charge in [-0.25, -0.2) is 4.79 Å². The highest BCUT2D eigenvalue weighted by molar-refractivity contribution is 5.91. The molecule has 0 radical (unpaired) electrons. The van der Waals surface area contributed by atoms with Crippen molar-refractivity contribution in [3.63, 3.8) is 0 Å². The number of nitrogens with two attached hydrogens (primary N) is 1. The molecule has 1 aliphatic heterocycles. The van der Waals surface area contributed by atoms with E-state index in [2.05, 4.69) is 0 Å². The second-order valence-electron chi connectivity index (χ2n) is 5.59. The highest BCUT2D eigenvalue weighted by atomic mass is 16.4. The van der Waals surface area contributed by atoms with Gasteiger partial charge in [-0.1, -0.05) is 13.3 Å². The maximum atomic E-state index is 12.6. The number of aliphatic carboxylic acids is 1. The molecule has 1 amide bonds. The standard InChI is InChI=1S/C13H22N2O3/c1-2-13(11(17)18)7-4-8-15(13)10(16)12(9-14)5-3-6-12/h2-9,14H2,1H3,(H,17,18). The molecule has 0 spiro atoms. The zero-order chi connectivity index (χ0) is 13.4. The van der Waals surface area contributed by atoms with Crippen molar-refractivity contribution in [1.29, 1.82) is 0 Å². The Bertz CT molecular complexity index is 360. The molecule has 0 aromatic heterocycles. The van der Waals surface area contributed by atoms with Gasteiger partial charge in [-0.15, -0.1) is 0 Å². The van der Waals surface area contributed by atoms with Gasteiger partial charge in [-0.3, -0.25) is 4.79 Å². The topological polar surface area (TPSA) is 83.6 Å². The predicted octanol–water partition coefficient (Wildman–Crippen LogP) is 0.971. The zero-order valence-corrected chi connectivity index (χ0v) is 10.9. The van der Waals surface area contributed by atoms with Gasteiger partial charge in [-0.05, 0) is 32.1 Å². The first-order valence-corrected chi connectivity index (χ1v) is 6.78.